The van der Waals surface area contributed by atoms with Crippen LogP contribution in [0.5, 0.6) is 0 Å². The minimum absolute atomic E-state index is 0.626. The highest BCUT2D eigenvalue weighted by Crippen LogP contribution is 2.31. The summed E-state index contributed by atoms with van der Waals surface area (Å²) < 4.78 is 2.51. The average Bonchev–Trinajstić information content (AvgIpc) is 3.32. The lowest BCUT2D eigenvalue weighted by Gasteiger charge is -2.14. The molecule has 0 aliphatic carbocycles. The largest absolute Gasteiger partial charge is 0.340 e. The van der Waals surface area contributed by atoms with Crippen LogP contribution in [0.3, 0.4) is 0 Å². The molecule has 3 aromatic rings. The average molecular weight is 460 g/mol. The van der Waals surface area contributed by atoms with Gasteiger partial charge >= 0.3 is 0 Å². The molecule has 0 atom stereocenters. The fourth-order valence-corrected chi connectivity index (χ4v) is 4.06. The highest BCUT2D eigenvalue weighted by Gasteiger charge is 2.13. The number of rotatable bonds is 8. The molecular weight excluding hydrogens is 437 g/mol. The lowest BCUT2D eigenvalue weighted by molar-refractivity contribution is 0.677. The van der Waals surface area contributed by atoms with Crippen LogP contribution in [0.1, 0.15) is 25.1 Å². The molecule has 0 spiro atoms. The van der Waals surface area contributed by atoms with Crippen molar-refractivity contribution in [1.29, 1.82) is 0 Å². The first kappa shape index (κ1) is 22.3. The lowest BCUT2D eigenvalue weighted by Crippen LogP contribution is -2.07. The monoisotopic (exact) mass is 459 g/mol. The third kappa shape index (κ3) is 5.59. The molecule has 3 heterocycles. The number of hydrogen-bond acceptors (Lipinski definition) is 5. The summed E-state index contributed by atoms with van der Waals surface area (Å²) in [6, 6.07) is 3.80. The molecule has 0 saturated carbocycles. The molecule has 0 bridgehead atoms. The molecule has 3 aromatic heterocycles. The standard InChI is InChI=1S/C22H23Cl2N5S/c1-5-17(8-7-14(3)12-29-13-16(23)11-25-29)27-21-18(6-2)15(4)26-22(28-21)19-9-10-20(24)30-19/h5,7-11,13H,1,6,12H2,2-4H3,(H,26,27,28)/b14-7+,17-8+. The van der Waals surface area contributed by atoms with E-state index in [-0.39, 0.29) is 0 Å². The Kier molecular flexibility index (Phi) is 7.48. The van der Waals surface area contributed by atoms with E-state index in [1.807, 2.05) is 38.1 Å². The predicted molar refractivity (Wildman–Crippen MR) is 127 cm³/mol. The third-order valence-corrected chi connectivity index (χ3v) is 5.83. The van der Waals surface area contributed by atoms with Gasteiger partial charge in [-0.2, -0.15) is 5.10 Å². The molecule has 0 amide bonds. The number of thiophene rings is 1. The van der Waals surface area contributed by atoms with Crippen molar-refractivity contribution in [2.75, 3.05) is 5.32 Å². The van der Waals surface area contributed by atoms with Crippen LogP contribution in [-0.4, -0.2) is 19.7 Å². The zero-order chi connectivity index (χ0) is 21.7. The second-order valence-corrected chi connectivity index (χ2v) is 8.89. The number of hydrogen-bond donors (Lipinski definition) is 1. The summed E-state index contributed by atoms with van der Waals surface area (Å²) in [6.45, 7) is 10.7. The molecule has 156 valence electrons. The van der Waals surface area contributed by atoms with Gasteiger partial charge in [0.1, 0.15) is 5.82 Å². The zero-order valence-corrected chi connectivity index (χ0v) is 19.4. The Bertz CT molecular complexity index is 1110. The van der Waals surface area contributed by atoms with Crippen molar-refractivity contribution >= 4 is 40.4 Å². The molecule has 0 radical (unpaired) electrons. The Hall–Kier alpha value is -2.41. The summed E-state index contributed by atoms with van der Waals surface area (Å²) in [5.41, 5.74) is 3.98. The Balaban J connectivity index is 1.86. The van der Waals surface area contributed by atoms with E-state index in [4.69, 9.17) is 28.2 Å². The minimum Gasteiger partial charge on any atom is -0.340 e. The Labute approximate surface area is 190 Å². The summed E-state index contributed by atoms with van der Waals surface area (Å²) in [6.07, 6.45) is 10.0. The van der Waals surface area contributed by atoms with Crippen LogP contribution in [0.15, 0.2) is 60.6 Å². The van der Waals surface area contributed by atoms with E-state index < -0.39 is 0 Å². The van der Waals surface area contributed by atoms with E-state index in [2.05, 4.69) is 28.9 Å². The quantitative estimate of drug-likeness (QED) is 0.380. The van der Waals surface area contributed by atoms with Crippen molar-refractivity contribution in [3.05, 3.63) is 81.2 Å². The van der Waals surface area contributed by atoms with E-state index in [1.165, 1.54) is 11.3 Å². The van der Waals surface area contributed by atoms with Crippen LogP contribution in [0, 0.1) is 6.92 Å². The number of nitrogens with one attached hydrogen (secondary N) is 1. The van der Waals surface area contributed by atoms with Gasteiger partial charge in [-0.1, -0.05) is 48.4 Å². The fourth-order valence-electron chi connectivity index (χ4n) is 2.93. The van der Waals surface area contributed by atoms with Gasteiger partial charge in [0.2, 0.25) is 0 Å². The lowest BCUT2D eigenvalue weighted by atomic mass is 10.1. The van der Waals surface area contributed by atoms with Crippen molar-refractivity contribution in [1.82, 2.24) is 19.7 Å². The van der Waals surface area contributed by atoms with Crippen molar-refractivity contribution in [3.63, 3.8) is 0 Å². The van der Waals surface area contributed by atoms with Crippen LogP contribution in [0.25, 0.3) is 10.7 Å². The molecule has 0 unspecified atom stereocenters. The maximum Gasteiger partial charge on any atom is 0.171 e. The van der Waals surface area contributed by atoms with Crippen LogP contribution < -0.4 is 5.32 Å². The number of aryl methyl sites for hydroxylation is 1. The number of allylic oxidation sites excluding steroid dienone is 4. The highest BCUT2D eigenvalue weighted by atomic mass is 35.5. The second kappa shape index (κ2) is 10.1. The van der Waals surface area contributed by atoms with E-state index in [1.54, 1.807) is 23.2 Å². The van der Waals surface area contributed by atoms with Crippen LogP contribution in [-0.2, 0) is 13.0 Å². The third-order valence-electron chi connectivity index (χ3n) is 4.40. The van der Waals surface area contributed by atoms with Crippen LogP contribution in [0.2, 0.25) is 9.36 Å². The smallest absolute Gasteiger partial charge is 0.171 e. The van der Waals surface area contributed by atoms with Crippen molar-refractivity contribution in [3.8, 4) is 10.7 Å². The van der Waals surface area contributed by atoms with E-state index >= 15 is 0 Å². The Morgan fingerprint density at radius 1 is 1.27 bits per heavy atom. The maximum absolute atomic E-state index is 6.09. The molecule has 1 N–H and O–H groups in total. The van der Waals surface area contributed by atoms with Gasteiger partial charge in [-0.3, -0.25) is 4.68 Å². The van der Waals surface area contributed by atoms with Gasteiger partial charge in [-0.05, 0) is 44.6 Å². The van der Waals surface area contributed by atoms with Gasteiger partial charge < -0.3 is 5.32 Å². The van der Waals surface area contributed by atoms with Gasteiger partial charge in [0, 0.05) is 23.2 Å². The van der Waals surface area contributed by atoms with E-state index in [9.17, 15) is 0 Å². The molecule has 3 rings (SSSR count). The first-order valence-corrected chi connectivity index (χ1v) is 11.0. The summed E-state index contributed by atoms with van der Waals surface area (Å²) in [5, 5.41) is 8.24. The van der Waals surface area contributed by atoms with Crippen LogP contribution in [0.4, 0.5) is 5.82 Å². The summed E-state index contributed by atoms with van der Waals surface area (Å²) in [5.74, 6) is 1.44. The molecule has 0 aromatic carbocycles. The fraction of sp³-hybridized carbons (Fsp3) is 0.227. The van der Waals surface area contributed by atoms with Crippen molar-refractivity contribution < 1.29 is 0 Å². The van der Waals surface area contributed by atoms with Crippen molar-refractivity contribution in [2.24, 2.45) is 0 Å². The summed E-state index contributed by atoms with van der Waals surface area (Å²) in [7, 11) is 0. The first-order valence-electron chi connectivity index (χ1n) is 9.47. The zero-order valence-electron chi connectivity index (χ0n) is 17.1. The molecule has 8 heteroatoms. The Morgan fingerprint density at radius 3 is 2.67 bits per heavy atom. The van der Waals surface area contributed by atoms with Crippen molar-refractivity contribution in [2.45, 2.75) is 33.7 Å². The van der Waals surface area contributed by atoms with Gasteiger partial charge in [-0.15, -0.1) is 11.3 Å². The topological polar surface area (TPSA) is 55.6 Å². The van der Waals surface area contributed by atoms with Crippen LogP contribution >= 0.6 is 34.5 Å². The highest BCUT2D eigenvalue weighted by molar-refractivity contribution is 7.19. The molecule has 5 nitrogen and oxygen atoms in total. The maximum atomic E-state index is 6.09. The predicted octanol–water partition coefficient (Wildman–Crippen LogP) is 6.71. The van der Waals surface area contributed by atoms with Gasteiger partial charge in [-0.25, -0.2) is 9.97 Å². The number of anilines is 1. The molecule has 0 fully saturated rings. The molecule has 0 aliphatic heterocycles. The second-order valence-electron chi connectivity index (χ2n) is 6.74. The number of halogens is 2. The number of nitrogens with zero attached hydrogens (tertiary/aromatic N) is 4. The summed E-state index contributed by atoms with van der Waals surface area (Å²) >= 11 is 13.5. The van der Waals surface area contributed by atoms with Gasteiger partial charge in [0.25, 0.3) is 0 Å². The summed E-state index contributed by atoms with van der Waals surface area (Å²) in [4.78, 5) is 10.4. The van der Waals surface area contributed by atoms with E-state index in [0.29, 0.717) is 21.7 Å². The number of aromatic nitrogens is 4. The molecular formula is C22H23Cl2N5S. The Morgan fingerprint density at radius 2 is 2.07 bits per heavy atom. The normalized spacial score (nSPS) is 12.3. The first-order chi connectivity index (χ1) is 14.4. The molecule has 30 heavy (non-hydrogen) atoms. The SMILES string of the molecule is C=C/C(=C\C=C(/C)Cn1cc(Cl)cn1)Nc1nc(-c2ccc(Cl)s2)nc(C)c1CC. The van der Waals surface area contributed by atoms with Gasteiger partial charge in [0.05, 0.1) is 27.0 Å². The van der Waals surface area contributed by atoms with E-state index in [0.717, 1.165) is 39.6 Å². The minimum atomic E-state index is 0.626. The molecule has 0 saturated heterocycles. The van der Waals surface area contributed by atoms with Gasteiger partial charge in [0.15, 0.2) is 5.82 Å². The molecule has 0 aliphatic rings.